The van der Waals surface area contributed by atoms with Crippen molar-refractivity contribution in [2.45, 2.75) is 57.3 Å². The second-order valence-electron chi connectivity index (χ2n) is 6.84. The lowest BCUT2D eigenvalue weighted by molar-refractivity contribution is -0.120. The van der Waals surface area contributed by atoms with E-state index in [4.69, 9.17) is 11.6 Å². The quantitative estimate of drug-likeness (QED) is 0.668. The molecule has 8 heteroatoms. The number of hydrogen-bond acceptors (Lipinski definition) is 5. The number of anilines is 1. The molecule has 1 amide bonds. The number of nitrogens with zero attached hydrogens (tertiary/aromatic N) is 1. The summed E-state index contributed by atoms with van der Waals surface area (Å²) in [7, 11) is 0. The maximum absolute atomic E-state index is 13.8. The first-order valence-corrected chi connectivity index (χ1v) is 8.63. The third-order valence-electron chi connectivity index (χ3n) is 4.23. The highest BCUT2D eigenvalue weighted by atomic mass is 35.5. The molecule has 1 atom stereocenters. The average Bonchev–Trinajstić information content (AvgIpc) is 2.53. The Hall–Kier alpha value is -1.73. The van der Waals surface area contributed by atoms with Crippen LogP contribution in [0.25, 0.3) is 0 Å². The number of nitrogens with one attached hydrogen (secondary N) is 2. The number of alkyl halides is 1. The van der Waals surface area contributed by atoms with Crippen molar-refractivity contribution < 1.29 is 19.1 Å². The third kappa shape index (κ3) is 5.64. The van der Waals surface area contributed by atoms with Crippen LogP contribution in [0.15, 0.2) is 12.3 Å². The van der Waals surface area contributed by atoms with Crippen molar-refractivity contribution >= 4 is 29.0 Å². The van der Waals surface area contributed by atoms with Crippen molar-refractivity contribution in [3.8, 4) is 0 Å². The Balaban J connectivity index is 2.06. The van der Waals surface area contributed by atoms with Crippen LogP contribution in [0.3, 0.4) is 0 Å². The van der Waals surface area contributed by atoms with Gasteiger partial charge in [0.2, 0.25) is 0 Å². The minimum atomic E-state index is -1.60. The Morgan fingerprint density at radius 2 is 2.12 bits per heavy atom. The van der Waals surface area contributed by atoms with Crippen LogP contribution in [0.4, 0.5) is 10.1 Å². The minimum absolute atomic E-state index is 0.0630. The SMILES string of the molecule is CC(C)(O)[C@H](F)CNC(=O)c1cnc(Cl)cc1NC1CCC(=O)CC1. The predicted octanol–water partition coefficient (Wildman–Crippen LogP) is 2.50. The molecule has 1 aromatic heterocycles. The number of aliphatic hydroxyl groups is 1. The summed E-state index contributed by atoms with van der Waals surface area (Å²) in [5.74, 6) is -0.269. The number of hydrogen-bond donors (Lipinski definition) is 3. The molecule has 0 aromatic carbocycles. The smallest absolute Gasteiger partial charge is 0.255 e. The number of ketones is 1. The van der Waals surface area contributed by atoms with Gasteiger partial charge in [-0.3, -0.25) is 9.59 Å². The van der Waals surface area contributed by atoms with Crippen molar-refractivity contribution in [2.75, 3.05) is 11.9 Å². The van der Waals surface area contributed by atoms with E-state index in [1.807, 2.05) is 0 Å². The summed E-state index contributed by atoms with van der Waals surface area (Å²) in [5.41, 5.74) is -0.805. The van der Waals surface area contributed by atoms with E-state index in [9.17, 15) is 19.1 Å². The fourth-order valence-electron chi connectivity index (χ4n) is 2.56. The zero-order valence-electron chi connectivity index (χ0n) is 14.3. The average molecular weight is 372 g/mol. The minimum Gasteiger partial charge on any atom is -0.387 e. The van der Waals surface area contributed by atoms with Gasteiger partial charge in [-0.25, -0.2) is 9.37 Å². The van der Waals surface area contributed by atoms with Crippen molar-refractivity contribution in [1.82, 2.24) is 10.3 Å². The number of pyridine rings is 1. The number of rotatable bonds is 6. The second kappa shape index (κ2) is 8.10. The third-order valence-corrected chi connectivity index (χ3v) is 4.43. The lowest BCUT2D eigenvalue weighted by Gasteiger charge is -2.25. The van der Waals surface area contributed by atoms with Crippen LogP contribution in [0.5, 0.6) is 0 Å². The molecule has 25 heavy (non-hydrogen) atoms. The van der Waals surface area contributed by atoms with Gasteiger partial charge in [0.1, 0.15) is 17.1 Å². The lowest BCUT2D eigenvalue weighted by Crippen LogP contribution is -2.42. The molecule has 0 bridgehead atoms. The van der Waals surface area contributed by atoms with E-state index in [2.05, 4.69) is 15.6 Å². The Kier molecular flexibility index (Phi) is 6.35. The molecule has 0 spiro atoms. The van der Waals surface area contributed by atoms with Crippen molar-refractivity contribution in [1.29, 1.82) is 0 Å². The van der Waals surface area contributed by atoms with Gasteiger partial charge in [-0.1, -0.05) is 11.6 Å². The highest BCUT2D eigenvalue weighted by Crippen LogP contribution is 2.24. The van der Waals surface area contributed by atoms with Crippen LogP contribution in [0, 0.1) is 0 Å². The van der Waals surface area contributed by atoms with Crippen LogP contribution >= 0.6 is 11.6 Å². The van der Waals surface area contributed by atoms with Gasteiger partial charge in [0.25, 0.3) is 5.91 Å². The first-order valence-electron chi connectivity index (χ1n) is 8.25. The van der Waals surface area contributed by atoms with Gasteiger partial charge in [0.15, 0.2) is 0 Å². The van der Waals surface area contributed by atoms with Gasteiger partial charge in [-0.05, 0) is 32.8 Å². The molecule has 2 rings (SSSR count). The number of aromatic nitrogens is 1. The van der Waals surface area contributed by atoms with Gasteiger partial charge in [0, 0.05) is 25.1 Å². The zero-order chi connectivity index (χ0) is 18.6. The van der Waals surface area contributed by atoms with Crippen molar-refractivity contribution in [2.24, 2.45) is 0 Å². The summed E-state index contributed by atoms with van der Waals surface area (Å²) in [6.07, 6.45) is 2.11. The summed E-state index contributed by atoms with van der Waals surface area (Å²) in [5, 5.41) is 15.5. The molecule has 1 aliphatic rings. The van der Waals surface area contributed by atoms with Crippen LogP contribution in [0.2, 0.25) is 5.15 Å². The molecule has 0 unspecified atom stereocenters. The van der Waals surface area contributed by atoms with E-state index in [-0.39, 0.29) is 29.1 Å². The van der Waals surface area contributed by atoms with Gasteiger partial charge in [-0.15, -0.1) is 0 Å². The summed E-state index contributed by atoms with van der Waals surface area (Å²) in [4.78, 5) is 27.6. The van der Waals surface area contributed by atoms with E-state index in [0.29, 0.717) is 31.4 Å². The number of amides is 1. The molecule has 0 radical (unpaired) electrons. The zero-order valence-corrected chi connectivity index (χ0v) is 15.1. The van der Waals surface area contributed by atoms with E-state index in [0.717, 1.165) is 0 Å². The van der Waals surface area contributed by atoms with Crippen LogP contribution in [-0.2, 0) is 4.79 Å². The molecule has 0 saturated heterocycles. The molecule has 3 N–H and O–H groups in total. The monoisotopic (exact) mass is 371 g/mol. The van der Waals surface area contributed by atoms with E-state index < -0.39 is 17.7 Å². The molecule has 6 nitrogen and oxygen atoms in total. The maximum atomic E-state index is 13.8. The Morgan fingerprint density at radius 3 is 2.72 bits per heavy atom. The molecular formula is C17H23ClFN3O3. The van der Waals surface area contributed by atoms with E-state index in [1.54, 1.807) is 0 Å². The summed E-state index contributed by atoms with van der Waals surface area (Å²) in [6, 6.07) is 1.60. The lowest BCUT2D eigenvalue weighted by atomic mass is 9.94. The van der Waals surface area contributed by atoms with Crippen LogP contribution in [0.1, 0.15) is 49.9 Å². The van der Waals surface area contributed by atoms with Gasteiger partial charge in [-0.2, -0.15) is 0 Å². The van der Waals surface area contributed by atoms with Crippen molar-refractivity contribution in [3.63, 3.8) is 0 Å². The summed E-state index contributed by atoms with van der Waals surface area (Å²) >= 11 is 5.92. The standard InChI is InChI=1S/C17H23ClFN3O3/c1-17(2,25)14(19)9-21-16(24)12-8-20-15(18)7-13(12)22-10-3-5-11(23)6-4-10/h7-8,10,14,25H,3-6,9H2,1-2H3,(H,20,22)(H,21,24)/t14-/m1/s1. The molecular weight excluding hydrogens is 349 g/mol. The Morgan fingerprint density at radius 1 is 1.48 bits per heavy atom. The first kappa shape index (κ1) is 19.6. The molecule has 1 aromatic rings. The van der Waals surface area contributed by atoms with Gasteiger partial charge < -0.3 is 15.7 Å². The normalized spacial score (nSPS) is 17.2. The van der Waals surface area contributed by atoms with Crippen molar-refractivity contribution in [3.05, 3.63) is 23.0 Å². The Bertz CT molecular complexity index is 639. The molecule has 1 fully saturated rings. The fraction of sp³-hybridized carbons (Fsp3) is 0.588. The van der Waals surface area contributed by atoms with E-state index >= 15 is 0 Å². The van der Waals surface area contributed by atoms with Gasteiger partial charge >= 0.3 is 0 Å². The number of carbonyl (C=O) groups is 2. The molecule has 1 saturated carbocycles. The fourth-order valence-corrected chi connectivity index (χ4v) is 2.72. The summed E-state index contributed by atoms with van der Waals surface area (Å²) < 4.78 is 13.8. The van der Waals surface area contributed by atoms with Crippen LogP contribution in [-0.4, -0.2) is 46.1 Å². The maximum Gasteiger partial charge on any atom is 0.255 e. The largest absolute Gasteiger partial charge is 0.387 e. The topological polar surface area (TPSA) is 91.3 Å². The molecule has 138 valence electrons. The van der Waals surface area contributed by atoms with Crippen LogP contribution < -0.4 is 10.6 Å². The number of carbonyl (C=O) groups excluding carboxylic acids is 2. The molecule has 1 heterocycles. The Labute approximate surface area is 151 Å². The predicted molar refractivity (Wildman–Crippen MR) is 93.7 cm³/mol. The van der Waals surface area contributed by atoms with Gasteiger partial charge in [0.05, 0.1) is 23.4 Å². The number of halogens is 2. The highest BCUT2D eigenvalue weighted by Gasteiger charge is 2.27. The second-order valence-corrected chi connectivity index (χ2v) is 7.23. The first-order chi connectivity index (χ1) is 11.7. The summed E-state index contributed by atoms with van der Waals surface area (Å²) in [6.45, 7) is 2.36. The highest BCUT2D eigenvalue weighted by molar-refractivity contribution is 6.29. The molecule has 1 aliphatic carbocycles. The molecule has 0 aliphatic heterocycles. The van der Waals surface area contributed by atoms with E-state index in [1.165, 1.54) is 26.1 Å². The number of Topliss-reactive ketones (excluding diaryl/α,β-unsaturated/α-hetero) is 1.